The van der Waals surface area contributed by atoms with E-state index in [4.69, 9.17) is 4.74 Å². The average Bonchev–Trinajstić information content (AvgIpc) is 3.38. The molecule has 3 aromatic rings. The first kappa shape index (κ1) is 21.4. The number of aromatic amines is 1. The number of nitrogens with one attached hydrogen (secondary N) is 2. The fourth-order valence-corrected chi connectivity index (χ4v) is 5.56. The minimum absolute atomic E-state index is 0.125. The second kappa shape index (κ2) is 8.17. The van der Waals surface area contributed by atoms with Crippen LogP contribution in [0.5, 0.6) is 0 Å². The molecule has 170 valence electrons. The lowest BCUT2D eigenvalue weighted by Gasteiger charge is -2.44. The standard InChI is InChI=1S/C22H23F3N4O2S/c1-12-2-3-17(32-12)16-10-15-14(4-5-26-21(15)27-16)13-8-19(28-20(30)9-13)29-6-7-31-11-18(29)22(23,24)25/h2-5,10,13,18-19H,6-9,11H2,1H3,(H,26,27)(H,28,30). The Bertz CT molecular complexity index is 1140. The summed E-state index contributed by atoms with van der Waals surface area (Å²) < 4.78 is 45.9. The van der Waals surface area contributed by atoms with Gasteiger partial charge in [-0.25, -0.2) is 4.98 Å². The number of aryl methyl sites for hydroxylation is 1. The van der Waals surface area contributed by atoms with Gasteiger partial charge < -0.3 is 15.0 Å². The molecule has 3 aromatic heterocycles. The van der Waals surface area contributed by atoms with Crippen molar-refractivity contribution in [2.45, 2.75) is 44.1 Å². The van der Waals surface area contributed by atoms with Crippen LogP contribution in [-0.2, 0) is 9.53 Å². The van der Waals surface area contributed by atoms with Gasteiger partial charge >= 0.3 is 6.18 Å². The van der Waals surface area contributed by atoms with Crippen LogP contribution in [0, 0.1) is 6.92 Å². The molecule has 5 rings (SSSR count). The number of morpholine rings is 1. The number of H-pyrrole nitrogens is 1. The lowest BCUT2D eigenvalue weighted by molar-refractivity contribution is -0.221. The maximum absolute atomic E-state index is 13.6. The van der Waals surface area contributed by atoms with Gasteiger partial charge in [0.05, 0.1) is 30.0 Å². The summed E-state index contributed by atoms with van der Waals surface area (Å²) in [7, 11) is 0. The molecular weight excluding hydrogens is 441 g/mol. The molecule has 0 radical (unpaired) electrons. The van der Waals surface area contributed by atoms with E-state index < -0.39 is 25.0 Å². The lowest BCUT2D eigenvalue weighted by Crippen LogP contribution is -2.63. The molecule has 0 saturated carbocycles. The molecule has 5 heterocycles. The van der Waals surface area contributed by atoms with Gasteiger partial charge in [-0.3, -0.25) is 9.69 Å². The number of carbonyl (C=O) groups is 1. The number of carbonyl (C=O) groups excluding carboxylic acids is 1. The van der Waals surface area contributed by atoms with Gasteiger partial charge in [0, 0.05) is 29.4 Å². The van der Waals surface area contributed by atoms with Gasteiger partial charge in [-0.2, -0.15) is 13.2 Å². The van der Waals surface area contributed by atoms with Gasteiger partial charge in [-0.15, -0.1) is 11.3 Å². The van der Waals surface area contributed by atoms with Crippen LogP contribution in [0.4, 0.5) is 13.2 Å². The third-order valence-corrected chi connectivity index (χ3v) is 7.26. The first-order valence-electron chi connectivity index (χ1n) is 10.5. The van der Waals surface area contributed by atoms with E-state index in [-0.39, 0.29) is 31.4 Å². The summed E-state index contributed by atoms with van der Waals surface area (Å²) in [5.41, 5.74) is 2.59. The van der Waals surface area contributed by atoms with Crippen LogP contribution >= 0.6 is 11.3 Å². The van der Waals surface area contributed by atoms with Crippen molar-refractivity contribution in [1.29, 1.82) is 0 Å². The van der Waals surface area contributed by atoms with E-state index in [0.717, 1.165) is 21.5 Å². The van der Waals surface area contributed by atoms with Crippen molar-refractivity contribution in [3.8, 4) is 10.6 Å². The number of amides is 1. The number of aromatic nitrogens is 2. The van der Waals surface area contributed by atoms with Crippen LogP contribution in [0.15, 0.2) is 30.5 Å². The summed E-state index contributed by atoms with van der Waals surface area (Å²) in [5.74, 6) is -0.446. The van der Waals surface area contributed by atoms with Crippen molar-refractivity contribution >= 4 is 28.3 Å². The molecule has 1 amide bonds. The van der Waals surface area contributed by atoms with Gasteiger partial charge in [0.25, 0.3) is 0 Å². The summed E-state index contributed by atoms with van der Waals surface area (Å²) >= 11 is 1.67. The zero-order valence-corrected chi connectivity index (χ0v) is 18.2. The molecule has 3 unspecified atom stereocenters. The third-order valence-electron chi connectivity index (χ3n) is 6.23. The van der Waals surface area contributed by atoms with Crippen molar-refractivity contribution in [2.75, 3.05) is 19.8 Å². The van der Waals surface area contributed by atoms with E-state index in [0.29, 0.717) is 12.1 Å². The molecule has 2 aliphatic rings. The molecule has 10 heteroatoms. The zero-order chi connectivity index (χ0) is 22.5. The third kappa shape index (κ3) is 4.02. The number of piperidine rings is 1. The molecule has 2 N–H and O–H groups in total. The zero-order valence-electron chi connectivity index (χ0n) is 17.4. The summed E-state index contributed by atoms with van der Waals surface area (Å²) in [6.07, 6.45) is -2.80. The normalized spacial score (nSPS) is 25.2. The Hall–Kier alpha value is -2.43. The molecule has 2 aliphatic heterocycles. The minimum atomic E-state index is -4.42. The SMILES string of the molecule is Cc1ccc(-c2cc3c(C4CC(=O)NC(N5CCOCC5C(F)(F)F)C4)ccnc3[nH]2)s1. The largest absolute Gasteiger partial charge is 0.406 e. The summed E-state index contributed by atoms with van der Waals surface area (Å²) in [5, 5.41) is 3.68. The number of fused-ring (bicyclic) bond motifs is 1. The number of halogens is 3. The average molecular weight is 465 g/mol. The number of ether oxygens (including phenoxy) is 1. The molecule has 0 aliphatic carbocycles. The first-order valence-corrected chi connectivity index (χ1v) is 11.4. The highest BCUT2D eigenvalue weighted by atomic mass is 32.1. The fourth-order valence-electron chi connectivity index (χ4n) is 4.72. The molecule has 2 saturated heterocycles. The van der Waals surface area contributed by atoms with Gasteiger partial charge in [-0.1, -0.05) is 0 Å². The Labute approximate surface area is 186 Å². The second-order valence-electron chi connectivity index (χ2n) is 8.35. The molecule has 0 spiro atoms. The fraction of sp³-hybridized carbons (Fsp3) is 0.455. The van der Waals surface area contributed by atoms with Crippen molar-refractivity contribution < 1.29 is 22.7 Å². The van der Waals surface area contributed by atoms with Crippen molar-refractivity contribution in [2.24, 2.45) is 0 Å². The summed E-state index contributed by atoms with van der Waals surface area (Å²) in [4.78, 5) is 23.9. The second-order valence-corrected chi connectivity index (χ2v) is 9.63. The smallest absolute Gasteiger partial charge is 0.378 e. The number of pyridine rings is 1. The van der Waals surface area contributed by atoms with Crippen molar-refractivity contribution in [3.05, 3.63) is 40.9 Å². The van der Waals surface area contributed by atoms with Crippen LogP contribution in [-0.4, -0.2) is 58.9 Å². The molecule has 0 aromatic carbocycles. The molecule has 6 nitrogen and oxygen atoms in total. The molecular formula is C22H23F3N4O2S. The number of rotatable bonds is 3. The Morgan fingerprint density at radius 2 is 2.12 bits per heavy atom. The maximum atomic E-state index is 13.6. The van der Waals surface area contributed by atoms with Crippen molar-refractivity contribution in [3.63, 3.8) is 0 Å². The topological polar surface area (TPSA) is 70.2 Å². The van der Waals surface area contributed by atoms with E-state index in [1.54, 1.807) is 17.5 Å². The molecule has 3 atom stereocenters. The van der Waals surface area contributed by atoms with Gasteiger partial charge in [0.1, 0.15) is 11.7 Å². The van der Waals surface area contributed by atoms with E-state index in [2.05, 4.69) is 21.4 Å². The minimum Gasteiger partial charge on any atom is -0.378 e. The van der Waals surface area contributed by atoms with Gasteiger partial charge in [0.2, 0.25) is 5.91 Å². The molecule has 0 bridgehead atoms. The molecule has 32 heavy (non-hydrogen) atoms. The highest BCUT2D eigenvalue weighted by Gasteiger charge is 2.48. The summed E-state index contributed by atoms with van der Waals surface area (Å²) in [6.45, 7) is 1.96. The number of hydrogen-bond donors (Lipinski definition) is 2. The van der Waals surface area contributed by atoms with Crippen LogP contribution in [0.2, 0.25) is 0 Å². The van der Waals surface area contributed by atoms with E-state index in [9.17, 15) is 18.0 Å². The van der Waals surface area contributed by atoms with Crippen molar-refractivity contribution in [1.82, 2.24) is 20.2 Å². The van der Waals surface area contributed by atoms with Crippen LogP contribution < -0.4 is 5.32 Å². The lowest BCUT2D eigenvalue weighted by atomic mass is 9.86. The van der Waals surface area contributed by atoms with E-state index in [1.807, 2.05) is 25.1 Å². The highest BCUT2D eigenvalue weighted by Crippen LogP contribution is 2.38. The Morgan fingerprint density at radius 3 is 2.88 bits per heavy atom. The first-order chi connectivity index (χ1) is 15.3. The number of hydrogen-bond acceptors (Lipinski definition) is 5. The number of nitrogens with zero attached hydrogens (tertiary/aromatic N) is 2. The van der Waals surface area contributed by atoms with E-state index in [1.165, 1.54) is 9.78 Å². The van der Waals surface area contributed by atoms with Crippen LogP contribution in [0.25, 0.3) is 21.6 Å². The predicted molar refractivity (Wildman–Crippen MR) is 115 cm³/mol. The maximum Gasteiger partial charge on any atom is 0.406 e. The summed E-state index contributed by atoms with van der Waals surface area (Å²) in [6, 6.07) is 6.27. The Kier molecular flexibility index (Phi) is 5.47. The van der Waals surface area contributed by atoms with Gasteiger partial charge in [0.15, 0.2) is 0 Å². The van der Waals surface area contributed by atoms with Crippen LogP contribution in [0.3, 0.4) is 0 Å². The number of alkyl halides is 3. The number of thiophene rings is 1. The Balaban J connectivity index is 1.46. The van der Waals surface area contributed by atoms with Gasteiger partial charge in [-0.05, 0) is 49.1 Å². The highest BCUT2D eigenvalue weighted by molar-refractivity contribution is 7.15. The van der Waals surface area contributed by atoms with Crippen LogP contribution in [0.1, 0.15) is 29.2 Å². The molecule has 2 fully saturated rings. The predicted octanol–water partition coefficient (Wildman–Crippen LogP) is 4.18. The van der Waals surface area contributed by atoms with E-state index >= 15 is 0 Å². The quantitative estimate of drug-likeness (QED) is 0.610. The monoisotopic (exact) mass is 464 g/mol. The Morgan fingerprint density at radius 1 is 1.28 bits per heavy atom.